The second-order valence-corrected chi connectivity index (χ2v) is 6.05. The first kappa shape index (κ1) is 16.3. The molecule has 3 aromatic carbocycles. The first-order valence-electron chi connectivity index (χ1n) is 7.62. The quantitative estimate of drug-likeness (QED) is 0.454. The van der Waals surface area contributed by atoms with Crippen molar-refractivity contribution in [2.75, 3.05) is 5.43 Å². The second-order valence-electron chi connectivity index (χ2n) is 5.20. The zero-order valence-electron chi connectivity index (χ0n) is 13.0. The highest BCUT2D eigenvalue weighted by Gasteiger charge is 2.02. The van der Waals surface area contributed by atoms with Gasteiger partial charge in [-0.1, -0.05) is 48.5 Å². The standard InChI is InChI=1S/C20H17BrN2O/c21-19-13-17(14-22-23-18-9-5-2-6-10-18)11-12-20(19)24-15-16-7-3-1-4-8-16/h1-14,23H,15H2/b22-14-. The van der Waals surface area contributed by atoms with Crippen LogP contribution in [0.2, 0.25) is 0 Å². The van der Waals surface area contributed by atoms with Crippen LogP contribution in [0.5, 0.6) is 5.75 Å². The molecule has 0 spiro atoms. The molecular formula is C20H17BrN2O. The van der Waals surface area contributed by atoms with E-state index in [2.05, 4.69) is 26.5 Å². The van der Waals surface area contributed by atoms with Gasteiger partial charge in [-0.2, -0.15) is 5.10 Å². The van der Waals surface area contributed by atoms with E-state index in [1.54, 1.807) is 6.21 Å². The summed E-state index contributed by atoms with van der Waals surface area (Å²) in [7, 11) is 0. The predicted octanol–water partition coefficient (Wildman–Crippen LogP) is 5.47. The Labute approximate surface area is 150 Å². The summed E-state index contributed by atoms with van der Waals surface area (Å²) in [5, 5.41) is 4.24. The summed E-state index contributed by atoms with van der Waals surface area (Å²) in [5.74, 6) is 0.812. The molecular weight excluding hydrogens is 364 g/mol. The van der Waals surface area contributed by atoms with Crippen LogP contribution in [-0.4, -0.2) is 6.21 Å². The molecule has 120 valence electrons. The molecule has 0 heterocycles. The van der Waals surface area contributed by atoms with Crippen LogP contribution in [0.4, 0.5) is 5.69 Å². The molecule has 0 bridgehead atoms. The molecule has 3 aromatic rings. The van der Waals surface area contributed by atoms with Crippen LogP contribution in [0.25, 0.3) is 0 Å². The van der Waals surface area contributed by atoms with Crippen molar-refractivity contribution in [2.45, 2.75) is 6.61 Å². The highest BCUT2D eigenvalue weighted by molar-refractivity contribution is 9.10. The lowest BCUT2D eigenvalue weighted by Crippen LogP contribution is -1.96. The maximum Gasteiger partial charge on any atom is 0.134 e. The minimum atomic E-state index is 0.544. The number of para-hydroxylation sites is 1. The van der Waals surface area contributed by atoms with E-state index in [0.717, 1.165) is 27.0 Å². The van der Waals surface area contributed by atoms with Gasteiger partial charge < -0.3 is 4.74 Å². The lowest BCUT2D eigenvalue weighted by molar-refractivity contribution is 0.304. The van der Waals surface area contributed by atoms with E-state index in [-0.39, 0.29) is 0 Å². The van der Waals surface area contributed by atoms with E-state index in [4.69, 9.17) is 4.74 Å². The fourth-order valence-electron chi connectivity index (χ4n) is 2.14. The van der Waals surface area contributed by atoms with Gasteiger partial charge in [0.1, 0.15) is 12.4 Å². The van der Waals surface area contributed by atoms with E-state index in [9.17, 15) is 0 Å². The molecule has 3 nitrogen and oxygen atoms in total. The number of hydrogen-bond donors (Lipinski definition) is 1. The van der Waals surface area contributed by atoms with Crippen molar-refractivity contribution < 1.29 is 4.74 Å². The molecule has 0 aliphatic heterocycles. The van der Waals surface area contributed by atoms with Crippen LogP contribution in [0.1, 0.15) is 11.1 Å². The largest absolute Gasteiger partial charge is 0.488 e. The van der Waals surface area contributed by atoms with Crippen molar-refractivity contribution in [1.82, 2.24) is 0 Å². The fraction of sp³-hybridized carbons (Fsp3) is 0.0500. The number of hydrazone groups is 1. The predicted molar refractivity (Wildman–Crippen MR) is 103 cm³/mol. The van der Waals surface area contributed by atoms with Gasteiger partial charge in [0.2, 0.25) is 0 Å². The Bertz CT molecular complexity index is 804. The lowest BCUT2D eigenvalue weighted by Gasteiger charge is -2.08. The van der Waals surface area contributed by atoms with Crippen LogP contribution in [-0.2, 0) is 6.61 Å². The van der Waals surface area contributed by atoms with E-state index in [0.29, 0.717) is 6.61 Å². The Morgan fingerprint density at radius 2 is 1.62 bits per heavy atom. The third kappa shape index (κ3) is 4.70. The molecule has 0 amide bonds. The van der Waals surface area contributed by atoms with Crippen molar-refractivity contribution in [3.8, 4) is 5.75 Å². The molecule has 24 heavy (non-hydrogen) atoms. The second kappa shape index (κ2) is 8.31. The maximum atomic E-state index is 5.84. The molecule has 0 unspecified atom stereocenters. The van der Waals surface area contributed by atoms with Gasteiger partial charge in [-0.15, -0.1) is 0 Å². The monoisotopic (exact) mass is 380 g/mol. The highest BCUT2D eigenvalue weighted by Crippen LogP contribution is 2.26. The summed E-state index contributed by atoms with van der Waals surface area (Å²) in [5.41, 5.74) is 6.08. The zero-order chi connectivity index (χ0) is 16.6. The molecule has 0 aliphatic carbocycles. The molecule has 0 radical (unpaired) electrons. The number of ether oxygens (including phenoxy) is 1. The molecule has 0 aliphatic rings. The smallest absolute Gasteiger partial charge is 0.134 e. The van der Waals surface area contributed by atoms with E-state index >= 15 is 0 Å². The van der Waals surface area contributed by atoms with Gasteiger partial charge in [-0.05, 0) is 57.4 Å². The fourth-order valence-corrected chi connectivity index (χ4v) is 2.65. The van der Waals surface area contributed by atoms with Gasteiger partial charge >= 0.3 is 0 Å². The third-order valence-electron chi connectivity index (χ3n) is 3.37. The number of halogens is 1. The van der Waals surface area contributed by atoms with E-state index in [1.165, 1.54) is 0 Å². The summed E-state index contributed by atoms with van der Waals surface area (Å²) >= 11 is 3.55. The number of rotatable bonds is 6. The number of benzene rings is 3. The zero-order valence-corrected chi connectivity index (χ0v) is 14.6. The first-order valence-corrected chi connectivity index (χ1v) is 8.41. The van der Waals surface area contributed by atoms with Crippen molar-refractivity contribution in [3.05, 3.63) is 94.5 Å². The Morgan fingerprint density at radius 3 is 2.33 bits per heavy atom. The molecule has 0 fully saturated rings. The number of nitrogens with one attached hydrogen (secondary N) is 1. The summed E-state index contributed by atoms with van der Waals surface area (Å²) < 4.78 is 6.75. The van der Waals surface area contributed by atoms with Gasteiger partial charge in [-0.25, -0.2) is 0 Å². The van der Waals surface area contributed by atoms with Gasteiger partial charge in [0.25, 0.3) is 0 Å². The van der Waals surface area contributed by atoms with Crippen molar-refractivity contribution in [3.63, 3.8) is 0 Å². The average molecular weight is 381 g/mol. The molecule has 0 saturated carbocycles. The molecule has 0 saturated heterocycles. The molecule has 0 aromatic heterocycles. The minimum absolute atomic E-state index is 0.544. The van der Waals surface area contributed by atoms with Crippen LogP contribution in [0.15, 0.2) is 88.4 Å². The van der Waals surface area contributed by atoms with Crippen LogP contribution in [0, 0.1) is 0 Å². The molecule has 4 heteroatoms. The Kier molecular flexibility index (Phi) is 5.64. The Morgan fingerprint density at radius 1 is 0.917 bits per heavy atom. The van der Waals surface area contributed by atoms with Crippen LogP contribution >= 0.6 is 15.9 Å². The van der Waals surface area contributed by atoms with Crippen LogP contribution < -0.4 is 10.2 Å². The molecule has 1 N–H and O–H groups in total. The lowest BCUT2D eigenvalue weighted by atomic mass is 10.2. The van der Waals surface area contributed by atoms with Gasteiger partial charge in [-0.3, -0.25) is 5.43 Å². The Balaban J connectivity index is 1.60. The normalized spacial score (nSPS) is 10.7. The van der Waals surface area contributed by atoms with E-state index < -0.39 is 0 Å². The van der Waals surface area contributed by atoms with Crippen molar-refractivity contribution in [1.29, 1.82) is 0 Å². The van der Waals surface area contributed by atoms with Gasteiger partial charge in [0, 0.05) is 0 Å². The Hall–Kier alpha value is -2.59. The third-order valence-corrected chi connectivity index (χ3v) is 3.99. The topological polar surface area (TPSA) is 33.6 Å². The van der Waals surface area contributed by atoms with Crippen molar-refractivity contribution >= 4 is 27.8 Å². The number of anilines is 1. The maximum absolute atomic E-state index is 5.84. The average Bonchev–Trinajstić information content (AvgIpc) is 2.63. The SMILES string of the molecule is Brc1cc(/C=N\Nc2ccccc2)ccc1OCc1ccccc1. The number of hydrogen-bond acceptors (Lipinski definition) is 3. The molecule has 3 rings (SSSR count). The van der Waals surface area contributed by atoms with Gasteiger partial charge in [0.05, 0.1) is 16.4 Å². The first-order chi connectivity index (χ1) is 11.8. The van der Waals surface area contributed by atoms with Gasteiger partial charge in [0.15, 0.2) is 0 Å². The number of nitrogens with zero attached hydrogens (tertiary/aromatic N) is 1. The molecule has 0 atom stereocenters. The summed E-state index contributed by atoms with van der Waals surface area (Å²) in [4.78, 5) is 0. The summed E-state index contributed by atoms with van der Waals surface area (Å²) in [6.07, 6.45) is 1.78. The van der Waals surface area contributed by atoms with Crippen LogP contribution in [0.3, 0.4) is 0 Å². The highest BCUT2D eigenvalue weighted by atomic mass is 79.9. The summed E-state index contributed by atoms with van der Waals surface area (Å²) in [6, 6.07) is 25.8. The summed E-state index contributed by atoms with van der Waals surface area (Å²) in [6.45, 7) is 0.544. The minimum Gasteiger partial charge on any atom is -0.488 e. The van der Waals surface area contributed by atoms with E-state index in [1.807, 2.05) is 78.9 Å². The van der Waals surface area contributed by atoms with Crippen molar-refractivity contribution in [2.24, 2.45) is 5.10 Å².